The Morgan fingerprint density at radius 1 is 1.08 bits per heavy atom. The summed E-state index contributed by atoms with van der Waals surface area (Å²) in [5, 5.41) is 1.10. The molecule has 3 rings (SSSR count). The summed E-state index contributed by atoms with van der Waals surface area (Å²) in [7, 11) is 0. The largest absolute Gasteiger partial charge is 0.285 e. The molecule has 24 heavy (non-hydrogen) atoms. The van der Waals surface area contributed by atoms with E-state index in [1.54, 1.807) is 6.08 Å². The fourth-order valence-corrected chi connectivity index (χ4v) is 3.45. The molecule has 2 aromatic rings. The average molecular weight is 354 g/mol. The van der Waals surface area contributed by atoms with Crippen molar-refractivity contribution in [3.05, 3.63) is 65.1 Å². The van der Waals surface area contributed by atoms with E-state index in [-0.39, 0.29) is 11.8 Å². The Hall–Kier alpha value is -2.44. The molecule has 1 N–H and O–H groups in total. The maximum atomic E-state index is 12.3. The van der Waals surface area contributed by atoms with E-state index in [4.69, 9.17) is 12.2 Å². The van der Waals surface area contributed by atoms with Gasteiger partial charge < -0.3 is 0 Å². The Kier molecular flexibility index (Phi) is 4.78. The topological polar surface area (TPSA) is 49.4 Å². The molecule has 1 heterocycles. The highest BCUT2D eigenvalue weighted by Crippen LogP contribution is 2.31. The first-order valence-electron chi connectivity index (χ1n) is 7.25. The number of nitrogens with one attached hydrogen (secondary N) is 1. The van der Waals surface area contributed by atoms with Gasteiger partial charge in [-0.05, 0) is 35.0 Å². The number of nitrogens with zero attached hydrogens (tertiary/aromatic N) is 1. The van der Waals surface area contributed by atoms with Gasteiger partial charge in [0.1, 0.15) is 0 Å². The van der Waals surface area contributed by atoms with E-state index in [9.17, 15) is 9.59 Å². The maximum Gasteiger partial charge on any atom is 0.285 e. The third-order valence-corrected chi connectivity index (χ3v) is 4.68. The summed E-state index contributed by atoms with van der Waals surface area (Å²) in [6.45, 7) is 1.34. The van der Waals surface area contributed by atoms with Crippen LogP contribution in [0.2, 0.25) is 0 Å². The molecule has 0 bridgehead atoms. The first-order valence-corrected chi connectivity index (χ1v) is 8.48. The van der Waals surface area contributed by atoms with Crippen LogP contribution in [0.3, 0.4) is 0 Å². The molecule has 1 fully saturated rings. The molecule has 0 unspecified atom stereocenters. The standard InChI is InChI=1S/C18H14N2O2S2/c1-12(21)19-20-17(22)16(24-18(20)23)11-13-7-9-15(10-8-13)14-5-3-2-4-6-14/h2-11H,1H3,(H,19,21)/b16-11-. The number of hydrazine groups is 1. The van der Waals surface area contributed by atoms with Crippen molar-refractivity contribution in [3.8, 4) is 11.1 Å². The normalized spacial score (nSPS) is 15.9. The number of carbonyl (C=O) groups excluding carboxylic acids is 2. The molecule has 0 aliphatic carbocycles. The van der Waals surface area contributed by atoms with Crippen molar-refractivity contribution >= 4 is 46.2 Å². The number of benzene rings is 2. The lowest BCUT2D eigenvalue weighted by atomic mass is 10.0. The molecule has 1 aliphatic heterocycles. The van der Waals surface area contributed by atoms with Gasteiger partial charge >= 0.3 is 0 Å². The smallest absolute Gasteiger partial charge is 0.274 e. The lowest BCUT2D eigenvalue weighted by molar-refractivity contribution is -0.131. The summed E-state index contributed by atoms with van der Waals surface area (Å²) in [4.78, 5) is 23.9. The molecule has 0 saturated carbocycles. The third kappa shape index (κ3) is 3.55. The summed E-state index contributed by atoms with van der Waals surface area (Å²) in [5.74, 6) is -0.646. The van der Waals surface area contributed by atoms with Crippen LogP contribution in [0.4, 0.5) is 0 Å². The molecular weight excluding hydrogens is 340 g/mol. The van der Waals surface area contributed by atoms with E-state index in [0.29, 0.717) is 9.23 Å². The van der Waals surface area contributed by atoms with Crippen LogP contribution < -0.4 is 5.43 Å². The summed E-state index contributed by atoms with van der Waals surface area (Å²) in [5.41, 5.74) is 5.58. The average Bonchev–Trinajstić information content (AvgIpc) is 2.83. The second kappa shape index (κ2) is 6.98. The number of rotatable bonds is 3. The van der Waals surface area contributed by atoms with Gasteiger partial charge in [0.2, 0.25) is 5.91 Å². The summed E-state index contributed by atoms with van der Waals surface area (Å²) >= 11 is 6.30. The summed E-state index contributed by atoms with van der Waals surface area (Å²) < 4.78 is 0.322. The van der Waals surface area contributed by atoms with Gasteiger partial charge in [0, 0.05) is 6.92 Å². The third-order valence-electron chi connectivity index (χ3n) is 3.38. The van der Waals surface area contributed by atoms with Crippen molar-refractivity contribution in [2.75, 3.05) is 0 Å². The molecular formula is C18H14N2O2S2. The molecule has 2 aromatic carbocycles. The van der Waals surface area contributed by atoms with E-state index >= 15 is 0 Å². The number of hydrogen-bond donors (Lipinski definition) is 1. The van der Waals surface area contributed by atoms with Crippen LogP contribution in [-0.2, 0) is 9.59 Å². The maximum absolute atomic E-state index is 12.3. The predicted molar refractivity (Wildman–Crippen MR) is 101 cm³/mol. The molecule has 0 atom stereocenters. The Labute approximate surface area is 149 Å². The zero-order chi connectivity index (χ0) is 17.1. The Morgan fingerprint density at radius 2 is 1.71 bits per heavy atom. The number of amides is 2. The van der Waals surface area contributed by atoms with Crippen molar-refractivity contribution in [3.63, 3.8) is 0 Å². The van der Waals surface area contributed by atoms with Gasteiger partial charge in [0.25, 0.3) is 5.91 Å². The van der Waals surface area contributed by atoms with E-state index < -0.39 is 0 Å². The van der Waals surface area contributed by atoms with Crippen LogP contribution in [0, 0.1) is 0 Å². The first kappa shape index (κ1) is 16.4. The van der Waals surface area contributed by atoms with Crippen LogP contribution in [0.5, 0.6) is 0 Å². The molecule has 6 heteroatoms. The van der Waals surface area contributed by atoms with Crippen molar-refractivity contribution in [2.24, 2.45) is 0 Å². The molecule has 1 aliphatic rings. The molecule has 2 amide bonds. The Morgan fingerprint density at radius 3 is 2.33 bits per heavy atom. The van der Waals surface area contributed by atoms with Crippen LogP contribution in [-0.4, -0.2) is 21.1 Å². The van der Waals surface area contributed by atoms with Crippen LogP contribution in [0.25, 0.3) is 17.2 Å². The van der Waals surface area contributed by atoms with E-state index in [1.165, 1.54) is 18.7 Å². The van der Waals surface area contributed by atoms with Crippen molar-refractivity contribution < 1.29 is 9.59 Å². The van der Waals surface area contributed by atoms with Gasteiger partial charge in [0.15, 0.2) is 4.32 Å². The van der Waals surface area contributed by atoms with Gasteiger partial charge in [0.05, 0.1) is 4.91 Å². The number of carbonyl (C=O) groups is 2. The molecule has 1 saturated heterocycles. The van der Waals surface area contributed by atoms with Crippen molar-refractivity contribution in [1.82, 2.24) is 10.4 Å². The second-order valence-corrected chi connectivity index (χ2v) is 6.85. The molecule has 0 radical (unpaired) electrons. The summed E-state index contributed by atoms with van der Waals surface area (Å²) in [6.07, 6.45) is 1.77. The molecule has 120 valence electrons. The number of thioether (sulfide) groups is 1. The van der Waals surface area contributed by atoms with Crippen LogP contribution >= 0.6 is 24.0 Å². The molecule has 4 nitrogen and oxygen atoms in total. The SMILES string of the molecule is CC(=O)NN1C(=O)/C(=C/c2ccc(-c3ccccc3)cc2)SC1=S. The highest BCUT2D eigenvalue weighted by atomic mass is 32.2. The van der Waals surface area contributed by atoms with Gasteiger partial charge in [-0.2, -0.15) is 5.01 Å². The highest BCUT2D eigenvalue weighted by Gasteiger charge is 2.32. The second-order valence-electron chi connectivity index (χ2n) is 5.17. The lowest BCUT2D eigenvalue weighted by Gasteiger charge is -2.13. The van der Waals surface area contributed by atoms with Crippen molar-refractivity contribution in [2.45, 2.75) is 6.92 Å². The minimum Gasteiger partial charge on any atom is -0.274 e. The zero-order valence-electron chi connectivity index (χ0n) is 12.9. The van der Waals surface area contributed by atoms with Gasteiger partial charge in [-0.3, -0.25) is 15.0 Å². The quantitative estimate of drug-likeness (QED) is 0.676. The number of hydrogen-bond acceptors (Lipinski definition) is 4. The van der Waals surface area contributed by atoms with Crippen LogP contribution in [0.1, 0.15) is 12.5 Å². The first-order chi connectivity index (χ1) is 11.5. The predicted octanol–water partition coefficient (Wildman–Crippen LogP) is 3.61. The lowest BCUT2D eigenvalue weighted by Crippen LogP contribution is -2.43. The zero-order valence-corrected chi connectivity index (χ0v) is 14.5. The fraction of sp³-hybridized carbons (Fsp3) is 0.0556. The summed E-state index contributed by atoms with van der Waals surface area (Å²) in [6, 6.07) is 18.0. The van der Waals surface area contributed by atoms with Gasteiger partial charge in [-0.1, -0.05) is 66.4 Å². The molecule has 0 aromatic heterocycles. The Bertz CT molecular complexity index is 830. The minimum absolute atomic E-state index is 0.313. The monoisotopic (exact) mass is 354 g/mol. The van der Waals surface area contributed by atoms with Gasteiger partial charge in [-0.25, -0.2) is 0 Å². The van der Waals surface area contributed by atoms with Crippen LogP contribution in [0.15, 0.2) is 59.5 Å². The number of thiocarbonyl (C=S) groups is 1. The molecule has 0 spiro atoms. The minimum atomic E-state index is -0.334. The van der Waals surface area contributed by atoms with E-state index in [1.807, 2.05) is 54.6 Å². The fourth-order valence-electron chi connectivity index (χ4n) is 2.28. The van der Waals surface area contributed by atoms with E-state index in [0.717, 1.165) is 21.7 Å². The van der Waals surface area contributed by atoms with Crippen molar-refractivity contribution in [1.29, 1.82) is 0 Å². The van der Waals surface area contributed by atoms with Gasteiger partial charge in [-0.15, -0.1) is 0 Å². The van der Waals surface area contributed by atoms with E-state index in [2.05, 4.69) is 5.43 Å². The Balaban J connectivity index is 1.81. The highest BCUT2D eigenvalue weighted by molar-refractivity contribution is 8.26.